The minimum absolute atomic E-state index is 0.218. The molecule has 0 aliphatic carbocycles. The standard InChI is InChI=1S/C14H20O4S/c1-12-6-8-14(9-7-12)19(15,16)18-11-3-5-13-4-2-10-17-13/h6-9,13H,2-5,10-11H2,1H3. The average molecular weight is 284 g/mol. The molecule has 5 heteroatoms. The summed E-state index contributed by atoms with van der Waals surface area (Å²) in [5, 5.41) is 0. The predicted octanol–water partition coefficient (Wildman–Crippen LogP) is 2.66. The van der Waals surface area contributed by atoms with Gasteiger partial charge >= 0.3 is 0 Å². The number of hydrogen-bond donors (Lipinski definition) is 0. The molecule has 0 saturated carbocycles. The summed E-state index contributed by atoms with van der Waals surface area (Å²) < 4.78 is 34.3. The van der Waals surface area contributed by atoms with Gasteiger partial charge in [-0.05, 0) is 44.7 Å². The Morgan fingerprint density at radius 1 is 1.32 bits per heavy atom. The molecule has 0 bridgehead atoms. The fraction of sp³-hybridized carbons (Fsp3) is 0.571. The Balaban J connectivity index is 1.79. The topological polar surface area (TPSA) is 52.6 Å². The van der Waals surface area contributed by atoms with Gasteiger partial charge in [-0.25, -0.2) is 0 Å². The van der Waals surface area contributed by atoms with Crippen LogP contribution in [0.3, 0.4) is 0 Å². The van der Waals surface area contributed by atoms with Crippen molar-refractivity contribution in [3.05, 3.63) is 29.8 Å². The molecule has 1 unspecified atom stereocenters. The highest BCUT2D eigenvalue weighted by molar-refractivity contribution is 7.86. The number of benzene rings is 1. The zero-order chi connectivity index (χ0) is 13.7. The minimum Gasteiger partial charge on any atom is -0.378 e. The lowest BCUT2D eigenvalue weighted by atomic mass is 10.1. The number of ether oxygens (including phenoxy) is 1. The molecular weight excluding hydrogens is 264 g/mol. The summed E-state index contributed by atoms with van der Waals surface area (Å²) in [6.07, 6.45) is 4.03. The van der Waals surface area contributed by atoms with Crippen LogP contribution in [-0.2, 0) is 19.0 Å². The number of rotatable bonds is 6. The molecule has 1 atom stereocenters. The molecule has 2 rings (SSSR count). The van der Waals surface area contributed by atoms with E-state index in [9.17, 15) is 8.42 Å². The Morgan fingerprint density at radius 2 is 2.05 bits per heavy atom. The minimum atomic E-state index is -3.61. The first-order chi connectivity index (χ1) is 9.08. The maximum absolute atomic E-state index is 11.9. The summed E-state index contributed by atoms with van der Waals surface area (Å²) >= 11 is 0. The van der Waals surface area contributed by atoms with Crippen LogP contribution in [0.15, 0.2) is 29.2 Å². The third-order valence-corrected chi connectivity index (χ3v) is 4.57. The van der Waals surface area contributed by atoms with Gasteiger partial charge < -0.3 is 4.74 Å². The van der Waals surface area contributed by atoms with Gasteiger partial charge in [-0.2, -0.15) is 8.42 Å². The van der Waals surface area contributed by atoms with Crippen molar-refractivity contribution in [3.63, 3.8) is 0 Å². The predicted molar refractivity (Wildman–Crippen MR) is 72.5 cm³/mol. The highest BCUT2D eigenvalue weighted by Crippen LogP contribution is 2.18. The second-order valence-corrected chi connectivity index (χ2v) is 6.48. The molecule has 1 saturated heterocycles. The van der Waals surface area contributed by atoms with Crippen LogP contribution in [0.25, 0.3) is 0 Å². The Bertz CT molecular complexity index is 487. The van der Waals surface area contributed by atoms with Crippen LogP contribution in [-0.4, -0.2) is 27.7 Å². The van der Waals surface area contributed by atoms with Crippen molar-refractivity contribution in [1.82, 2.24) is 0 Å². The van der Waals surface area contributed by atoms with Gasteiger partial charge in [0, 0.05) is 6.61 Å². The first kappa shape index (κ1) is 14.5. The third-order valence-electron chi connectivity index (χ3n) is 3.24. The zero-order valence-electron chi connectivity index (χ0n) is 11.2. The van der Waals surface area contributed by atoms with E-state index in [2.05, 4.69) is 0 Å². The second-order valence-electron chi connectivity index (χ2n) is 4.87. The molecule has 1 aliphatic heterocycles. The van der Waals surface area contributed by atoms with Gasteiger partial charge in [-0.1, -0.05) is 17.7 Å². The molecular formula is C14H20O4S. The van der Waals surface area contributed by atoms with E-state index in [1.165, 1.54) is 0 Å². The molecule has 19 heavy (non-hydrogen) atoms. The third kappa shape index (κ3) is 4.30. The lowest BCUT2D eigenvalue weighted by molar-refractivity contribution is 0.0984. The summed E-state index contributed by atoms with van der Waals surface area (Å²) in [7, 11) is -3.61. The quantitative estimate of drug-likeness (QED) is 0.595. The number of hydrogen-bond acceptors (Lipinski definition) is 4. The normalized spacial score (nSPS) is 19.7. The molecule has 0 N–H and O–H groups in total. The molecule has 1 fully saturated rings. The lowest BCUT2D eigenvalue weighted by Gasteiger charge is -2.09. The monoisotopic (exact) mass is 284 g/mol. The fourth-order valence-electron chi connectivity index (χ4n) is 2.12. The van der Waals surface area contributed by atoms with Crippen LogP contribution in [0.5, 0.6) is 0 Å². The van der Waals surface area contributed by atoms with Crippen molar-refractivity contribution < 1.29 is 17.3 Å². The van der Waals surface area contributed by atoms with Crippen molar-refractivity contribution in [2.24, 2.45) is 0 Å². The second kappa shape index (κ2) is 6.50. The van der Waals surface area contributed by atoms with Crippen LogP contribution < -0.4 is 0 Å². The Morgan fingerprint density at radius 3 is 2.68 bits per heavy atom. The molecule has 0 spiro atoms. The van der Waals surface area contributed by atoms with E-state index < -0.39 is 10.1 Å². The van der Waals surface area contributed by atoms with E-state index in [0.29, 0.717) is 6.42 Å². The molecule has 0 aromatic heterocycles. The highest BCUT2D eigenvalue weighted by atomic mass is 32.2. The van der Waals surface area contributed by atoms with E-state index >= 15 is 0 Å². The summed E-state index contributed by atoms with van der Waals surface area (Å²) in [6.45, 7) is 2.96. The lowest BCUT2D eigenvalue weighted by Crippen LogP contribution is -2.10. The maximum atomic E-state index is 11.9. The first-order valence-corrected chi connectivity index (χ1v) is 8.06. The molecule has 1 aliphatic rings. The van der Waals surface area contributed by atoms with Gasteiger partial charge in [0.2, 0.25) is 0 Å². The SMILES string of the molecule is Cc1ccc(S(=O)(=O)OCCCC2CCCO2)cc1. The summed E-state index contributed by atoms with van der Waals surface area (Å²) in [6, 6.07) is 6.68. The summed E-state index contributed by atoms with van der Waals surface area (Å²) in [5.74, 6) is 0. The fourth-order valence-corrected chi connectivity index (χ4v) is 3.07. The van der Waals surface area contributed by atoms with Gasteiger partial charge in [-0.15, -0.1) is 0 Å². The molecule has 1 aromatic carbocycles. The van der Waals surface area contributed by atoms with Crippen LogP contribution in [0, 0.1) is 6.92 Å². The van der Waals surface area contributed by atoms with Gasteiger partial charge in [-0.3, -0.25) is 4.18 Å². The molecule has 0 radical (unpaired) electrons. The van der Waals surface area contributed by atoms with E-state index in [1.54, 1.807) is 24.3 Å². The molecule has 1 aromatic rings. The summed E-state index contributed by atoms with van der Waals surface area (Å²) in [4.78, 5) is 0.218. The Hall–Kier alpha value is -0.910. The Labute approximate surface area is 114 Å². The van der Waals surface area contributed by atoms with Gasteiger partial charge in [0.15, 0.2) is 0 Å². The van der Waals surface area contributed by atoms with E-state index in [0.717, 1.165) is 31.4 Å². The maximum Gasteiger partial charge on any atom is 0.296 e. The largest absolute Gasteiger partial charge is 0.378 e. The zero-order valence-corrected chi connectivity index (χ0v) is 12.0. The van der Waals surface area contributed by atoms with E-state index in [4.69, 9.17) is 8.92 Å². The highest BCUT2D eigenvalue weighted by Gasteiger charge is 2.17. The Kier molecular flexibility index (Phi) is 4.96. The van der Waals surface area contributed by atoms with Gasteiger partial charge in [0.05, 0.1) is 17.6 Å². The van der Waals surface area contributed by atoms with Crippen molar-refractivity contribution >= 4 is 10.1 Å². The van der Waals surface area contributed by atoms with Crippen LogP contribution in [0.2, 0.25) is 0 Å². The van der Waals surface area contributed by atoms with Crippen LogP contribution in [0.4, 0.5) is 0 Å². The molecule has 4 nitrogen and oxygen atoms in total. The molecule has 106 valence electrons. The van der Waals surface area contributed by atoms with Gasteiger partial charge in [0.25, 0.3) is 10.1 Å². The van der Waals surface area contributed by atoms with Crippen LogP contribution in [0.1, 0.15) is 31.2 Å². The van der Waals surface area contributed by atoms with Crippen LogP contribution >= 0.6 is 0 Å². The van der Waals surface area contributed by atoms with Crippen molar-refractivity contribution in [2.45, 2.75) is 43.6 Å². The average Bonchev–Trinajstić information content (AvgIpc) is 2.88. The first-order valence-electron chi connectivity index (χ1n) is 6.66. The van der Waals surface area contributed by atoms with E-state index in [1.807, 2.05) is 6.92 Å². The van der Waals surface area contributed by atoms with Gasteiger partial charge in [0.1, 0.15) is 0 Å². The smallest absolute Gasteiger partial charge is 0.296 e. The number of aryl methyl sites for hydroxylation is 1. The summed E-state index contributed by atoms with van der Waals surface area (Å²) in [5.41, 5.74) is 1.03. The van der Waals surface area contributed by atoms with Crippen molar-refractivity contribution in [2.75, 3.05) is 13.2 Å². The van der Waals surface area contributed by atoms with Crippen molar-refractivity contribution in [3.8, 4) is 0 Å². The van der Waals surface area contributed by atoms with Crippen molar-refractivity contribution in [1.29, 1.82) is 0 Å². The van der Waals surface area contributed by atoms with E-state index in [-0.39, 0.29) is 17.6 Å². The molecule has 0 amide bonds. The molecule has 1 heterocycles.